The van der Waals surface area contributed by atoms with Gasteiger partial charge in [-0.2, -0.15) is 26.3 Å². The highest BCUT2D eigenvalue weighted by Gasteiger charge is 2.50. The number of halogens is 7. The molecule has 0 radical (unpaired) electrons. The van der Waals surface area contributed by atoms with E-state index in [2.05, 4.69) is 21.3 Å². The fraction of sp³-hybridized carbons (Fsp3) is 0.646. The van der Waals surface area contributed by atoms with Crippen molar-refractivity contribution >= 4 is 76.6 Å². The number of aryl methyl sites for hydroxylation is 1. The predicted octanol–water partition coefficient (Wildman–Crippen LogP) is 5.46. The molecule has 94 heavy (non-hydrogen) atoms. The van der Waals surface area contributed by atoms with Gasteiger partial charge in [-0.1, -0.05) is 96.7 Å². The summed E-state index contributed by atoms with van der Waals surface area (Å²) in [5.41, 5.74) is -3.59. The number of fused-ring (bicyclic) bond motifs is 1. The molecule has 8 atom stereocenters. The van der Waals surface area contributed by atoms with Crippen LogP contribution < -0.4 is 21.3 Å². The van der Waals surface area contributed by atoms with E-state index in [4.69, 9.17) is 11.6 Å². The first-order chi connectivity index (χ1) is 43.7. The zero-order chi connectivity index (χ0) is 70.6. The number of benzene rings is 2. The first-order valence-corrected chi connectivity index (χ1v) is 32.2. The predicted molar refractivity (Wildman–Crippen MR) is 336 cm³/mol. The molecule has 2 heterocycles. The summed E-state index contributed by atoms with van der Waals surface area (Å²) in [6, 6.07) is -1.84. The molecule has 3 aliphatic rings. The molecule has 0 bridgehead atoms. The monoisotopic (exact) mass is 1350 g/mol. The Balaban J connectivity index is 1.58. The Morgan fingerprint density at radius 3 is 1.84 bits per heavy atom. The lowest BCUT2D eigenvalue weighted by molar-refractivity contribution is -0.149. The van der Waals surface area contributed by atoms with Gasteiger partial charge >= 0.3 is 12.4 Å². The van der Waals surface area contributed by atoms with Gasteiger partial charge in [-0.15, -0.1) is 0 Å². The van der Waals surface area contributed by atoms with Crippen molar-refractivity contribution in [2.75, 3.05) is 68.5 Å². The second-order valence-corrected chi connectivity index (χ2v) is 26.6. The van der Waals surface area contributed by atoms with Crippen molar-refractivity contribution < 1.29 is 79.1 Å². The first-order valence-electron chi connectivity index (χ1n) is 31.8. The Hall–Kier alpha value is -7.52. The normalized spacial score (nSPS) is 24.7. The number of likely N-dealkylation sites (N-methyl/N-ethyl adjacent to an activating group) is 6. The van der Waals surface area contributed by atoms with E-state index in [1.165, 1.54) is 56.0 Å². The number of rotatable bonds is 10. The van der Waals surface area contributed by atoms with Crippen molar-refractivity contribution in [3.05, 3.63) is 69.7 Å². The van der Waals surface area contributed by atoms with Crippen molar-refractivity contribution in [1.29, 1.82) is 0 Å². The number of nitrogens with zero attached hydrogens (tertiary/aromatic N) is 7. The summed E-state index contributed by atoms with van der Waals surface area (Å²) in [4.78, 5) is 167. The van der Waals surface area contributed by atoms with Crippen molar-refractivity contribution in [1.82, 2.24) is 55.6 Å². The van der Waals surface area contributed by atoms with Crippen molar-refractivity contribution in [2.45, 2.75) is 186 Å². The summed E-state index contributed by atoms with van der Waals surface area (Å²) in [5, 5.41) is 10.6. The van der Waals surface area contributed by atoms with Crippen LogP contribution in [0.25, 0.3) is 0 Å². The minimum atomic E-state index is -4.82. The Morgan fingerprint density at radius 1 is 0.638 bits per heavy atom. The van der Waals surface area contributed by atoms with Crippen LogP contribution in [0.15, 0.2) is 42.5 Å². The molecule has 4 N–H and O–H groups in total. The van der Waals surface area contributed by atoms with Crippen LogP contribution in [0.3, 0.4) is 0 Å². The lowest BCUT2D eigenvalue weighted by Gasteiger charge is -2.39. The van der Waals surface area contributed by atoms with Gasteiger partial charge in [0, 0.05) is 67.7 Å². The maximum Gasteiger partial charge on any atom is 0.417 e. The van der Waals surface area contributed by atoms with E-state index in [0.29, 0.717) is 19.3 Å². The highest BCUT2D eigenvalue weighted by Crippen LogP contribution is 2.37. The van der Waals surface area contributed by atoms with E-state index >= 15 is 0 Å². The van der Waals surface area contributed by atoms with E-state index in [-0.39, 0.29) is 75.0 Å². The molecule has 2 aromatic rings. The highest BCUT2D eigenvalue weighted by atomic mass is 35.5. The summed E-state index contributed by atoms with van der Waals surface area (Å²) in [6.07, 6.45) is -8.76. The molecular formula is C65H92ClF6N11O11. The quantitative estimate of drug-likeness (QED) is 0.217. The van der Waals surface area contributed by atoms with Crippen LogP contribution in [0, 0.1) is 17.8 Å². The summed E-state index contributed by atoms with van der Waals surface area (Å²) >= 11 is 6.08. The molecule has 0 unspecified atom stereocenters. The van der Waals surface area contributed by atoms with Gasteiger partial charge < -0.3 is 55.6 Å². The van der Waals surface area contributed by atoms with E-state index in [1.807, 2.05) is 13.8 Å². The Labute approximate surface area is 550 Å². The van der Waals surface area contributed by atoms with Crippen LogP contribution in [0.5, 0.6) is 0 Å². The van der Waals surface area contributed by atoms with Crippen molar-refractivity contribution in [3.8, 4) is 0 Å². The number of hydrogen-bond acceptors (Lipinski definition) is 11. The van der Waals surface area contributed by atoms with Crippen molar-refractivity contribution in [2.24, 2.45) is 17.8 Å². The van der Waals surface area contributed by atoms with E-state index in [0.717, 1.165) is 63.0 Å². The molecule has 0 aromatic heterocycles. The second kappa shape index (κ2) is 32.8. The van der Waals surface area contributed by atoms with Crippen LogP contribution >= 0.6 is 11.6 Å². The van der Waals surface area contributed by atoms with Crippen molar-refractivity contribution in [3.63, 3.8) is 0 Å². The molecule has 1 aliphatic carbocycles. The fourth-order valence-electron chi connectivity index (χ4n) is 12.4. The lowest BCUT2D eigenvalue weighted by atomic mass is 9.92. The topological polar surface area (TPSA) is 259 Å². The molecule has 29 heteroatoms. The van der Waals surface area contributed by atoms with Crippen LogP contribution in [0.1, 0.15) is 135 Å². The SMILES string of the molecule is CC[C@H](C)[C@@H]1NC(=O)[C@H](CC(C)C)N(C)C(=O)C[C@@H](C)NC(=O)[C@H](C(C)C)N(C)C(=O)C2(CCCC2)NC(=O)[C@@H]2CCCN2C(=O)[C@H](CCc2ccc(C(F)(F)F)c(Cl)c2)NC(=O)CN(C)C(=O)[C@H](Cc2cccc(C(F)(F)F)c2)N(C)C(=O)CN(C)C(=O)CN(C)C1=O. The first kappa shape index (κ1) is 77.2. The van der Waals surface area contributed by atoms with E-state index < -0.39 is 179 Å². The molecule has 1 spiro atoms. The van der Waals surface area contributed by atoms with Crippen LogP contribution in [-0.2, 0) is 77.9 Å². The minimum absolute atomic E-state index is 0.0296. The summed E-state index contributed by atoms with van der Waals surface area (Å²) in [7, 11) is 7.73. The molecule has 522 valence electrons. The van der Waals surface area contributed by atoms with Crippen LogP contribution in [-0.4, -0.2) is 216 Å². The molecule has 3 fully saturated rings. The van der Waals surface area contributed by atoms with Gasteiger partial charge in [0.1, 0.15) is 41.8 Å². The van der Waals surface area contributed by atoms with E-state index in [1.54, 1.807) is 34.6 Å². The third-order valence-electron chi connectivity index (χ3n) is 18.0. The van der Waals surface area contributed by atoms with Gasteiger partial charge in [-0.25, -0.2) is 0 Å². The molecule has 11 amide bonds. The molecule has 2 saturated heterocycles. The standard InChI is InChI=1S/C65H92ClF6N11O11/c1-14-39(6)54-61(93)79(10)35-52(86)77(8)36-53(87)81(12)49(33-42-19-17-20-43(31-42)64(67,68)69)60(92)78(9)34-50(84)74-46(25-23-41-22-24-44(45(66)32-41)65(70,71)72)59(91)83-28-18-21-47(83)57(89)76-63(26-15-16-27-63)62(94)82(13)55(38(4)5)58(90)73-40(7)30-51(85)80(11)48(29-37(2)3)56(88)75-54/h17,19-20,22,24,31-32,37-40,46-49,54-55H,14-16,18,21,23,25-30,33-36H2,1-13H3,(H,73,90)(H,74,84)(H,75,88)(H,76,89)/t39-,40+,46-,47-,48-,49-,54-,55-/m0/s1. The zero-order valence-corrected chi connectivity index (χ0v) is 56.7. The maximum atomic E-state index is 15.0. The molecule has 2 aromatic carbocycles. The molecule has 22 nitrogen and oxygen atoms in total. The maximum absolute atomic E-state index is 15.0. The molecule has 1 saturated carbocycles. The molecule has 2 aliphatic heterocycles. The minimum Gasteiger partial charge on any atom is -0.351 e. The third kappa shape index (κ3) is 19.8. The average molecular weight is 1350 g/mol. The largest absolute Gasteiger partial charge is 0.417 e. The smallest absolute Gasteiger partial charge is 0.351 e. The number of alkyl halides is 6. The number of amides is 11. The van der Waals surface area contributed by atoms with E-state index in [9.17, 15) is 79.1 Å². The summed E-state index contributed by atoms with van der Waals surface area (Å²) in [5.74, 6) is -9.53. The molecule has 5 rings (SSSR count). The summed E-state index contributed by atoms with van der Waals surface area (Å²) < 4.78 is 83.5. The second-order valence-electron chi connectivity index (χ2n) is 26.2. The van der Waals surface area contributed by atoms with Gasteiger partial charge in [-0.05, 0) is 98.9 Å². The molecular weight excluding hydrogens is 1260 g/mol. The zero-order valence-electron chi connectivity index (χ0n) is 55.9. The Bertz CT molecular complexity index is 3110. The fourth-order valence-corrected chi connectivity index (χ4v) is 12.7. The highest BCUT2D eigenvalue weighted by molar-refractivity contribution is 6.31. The van der Waals surface area contributed by atoms with Gasteiger partial charge in [0.05, 0.1) is 35.8 Å². The summed E-state index contributed by atoms with van der Waals surface area (Å²) in [6.45, 7) is 9.94. The lowest BCUT2D eigenvalue weighted by Crippen LogP contribution is -2.64. The number of carbonyl (C=O) groups is 11. The number of carbonyl (C=O) groups excluding carboxylic acids is 11. The van der Waals surface area contributed by atoms with Gasteiger partial charge in [0.15, 0.2) is 0 Å². The Morgan fingerprint density at radius 2 is 1.26 bits per heavy atom. The Kier molecular flexibility index (Phi) is 26.9. The number of hydrogen-bond donors (Lipinski definition) is 4. The van der Waals surface area contributed by atoms with Gasteiger partial charge in [-0.3, -0.25) is 52.7 Å². The van der Waals surface area contributed by atoms with Gasteiger partial charge in [0.2, 0.25) is 65.0 Å². The number of nitrogens with one attached hydrogen (secondary N) is 4. The van der Waals surface area contributed by atoms with Crippen LogP contribution in [0.2, 0.25) is 5.02 Å². The average Bonchev–Trinajstić information content (AvgIpc) is 1.55. The van der Waals surface area contributed by atoms with Crippen LogP contribution in [0.4, 0.5) is 26.3 Å². The third-order valence-corrected chi connectivity index (χ3v) is 18.3. The van der Waals surface area contributed by atoms with Gasteiger partial charge in [0.25, 0.3) is 0 Å².